The molecule has 0 bridgehead atoms. The smallest absolute Gasteiger partial charge is 0.178 e. The normalized spacial score (nSPS) is 10.3. The quantitative estimate of drug-likeness (QED) is 0.861. The van der Waals surface area contributed by atoms with E-state index in [-0.39, 0.29) is 0 Å². The highest BCUT2D eigenvalue weighted by atomic mass is 16.5. The fourth-order valence-corrected chi connectivity index (χ4v) is 1.64. The number of nitrogens with zero attached hydrogens (tertiary/aromatic N) is 3. The highest BCUT2D eigenvalue weighted by molar-refractivity contribution is 5.49. The van der Waals surface area contributed by atoms with Gasteiger partial charge in [0.25, 0.3) is 0 Å². The first-order chi connectivity index (χ1) is 8.85. The minimum atomic E-state index is 0.614. The average molecular weight is 244 g/mol. The molecule has 18 heavy (non-hydrogen) atoms. The van der Waals surface area contributed by atoms with Gasteiger partial charge < -0.3 is 10.5 Å². The Bertz CT molecular complexity index is 502. The molecule has 2 aromatic heterocycles. The zero-order valence-electron chi connectivity index (χ0n) is 10.3. The number of aryl methyl sites for hydroxylation is 1. The summed E-state index contributed by atoms with van der Waals surface area (Å²) in [5, 5.41) is 0. The van der Waals surface area contributed by atoms with Crippen molar-refractivity contribution in [2.45, 2.75) is 12.8 Å². The summed E-state index contributed by atoms with van der Waals surface area (Å²) >= 11 is 0. The third kappa shape index (κ3) is 2.81. The van der Waals surface area contributed by atoms with Crippen molar-refractivity contribution in [3.8, 4) is 17.3 Å². The van der Waals surface area contributed by atoms with Crippen molar-refractivity contribution in [3.05, 3.63) is 36.3 Å². The molecule has 0 unspecified atom stereocenters. The van der Waals surface area contributed by atoms with Crippen molar-refractivity contribution >= 4 is 0 Å². The van der Waals surface area contributed by atoms with Gasteiger partial charge in [-0.2, -0.15) is 0 Å². The number of aromatic nitrogens is 3. The molecule has 0 aliphatic heterocycles. The molecule has 5 nitrogen and oxygen atoms in total. The first-order valence-corrected chi connectivity index (χ1v) is 5.86. The number of hydrogen-bond donors (Lipinski definition) is 1. The lowest BCUT2D eigenvalue weighted by Crippen LogP contribution is -2.05. The van der Waals surface area contributed by atoms with Gasteiger partial charge in [-0.05, 0) is 31.5 Å². The van der Waals surface area contributed by atoms with E-state index in [1.165, 1.54) is 0 Å². The zero-order chi connectivity index (χ0) is 12.8. The van der Waals surface area contributed by atoms with E-state index >= 15 is 0 Å². The topological polar surface area (TPSA) is 73.9 Å². The van der Waals surface area contributed by atoms with Crippen LogP contribution >= 0.6 is 0 Å². The van der Waals surface area contributed by atoms with Crippen molar-refractivity contribution in [2.24, 2.45) is 5.73 Å². The molecule has 0 saturated carbocycles. The standard InChI is InChI=1S/C13H16N4O/c1-18-12-9-16-13(11-5-2-3-8-15-11)17-10(12)6-4-7-14/h2-3,5,8-9H,4,6-7,14H2,1H3. The second-order valence-corrected chi connectivity index (χ2v) is 3.82. The number of ether oxygens (including phenoxy) is 1. The van der Waals surface area contributed by atoms with Gasteiger partial charge in [0.15, 0.2) is 11.6 Å². The van der Waals surface area contributed by atoms with E-state index in [0.717, 1.165) is 24.2 Å². The van der Waals surface area contributed by atoms with Crippen LogP contribution < -0.4 is 10.5 Å². The highest BCUT2D eigenvalue weighted by Crippen LogP contribution is 2.20. The Balaban J connectivity index is 2.33. The molecule has 2 heterocycles. The van der Waals surface area contributed by atoms with Gasteiger partial charge in [0.05, 0.1) is 19.0 Å². The van der Waals surface area contributed by atoms with Gasteiger partial charge in [0, 0.05) is 6.20 Å². The maximum absolute atomic E-state index is 5.52. The van der Waals surface area contributed by atoms with Crippen LogP contribution in [0.4, 0.5) is 0 Å². The van der Waals surface area contributed by atoms with Crippen molar-refractivity contribution < 1.29 is 4.74 Å². The van der Waals surface area contributed by atoms with Crippen molar-refractivity contribution in [3.63, 3.8) is 0 Å². The van der Waals surface area contributed by atoms with E-state index < -0.39 is 0 Å². The third-order valence-corrected chi connectivity index (χ3v) is 2.56. The van der Waals surface area contributed by atoms with Gasteiger partial charge in [-0.3, -0.25) is 4.98 Å². The van der Waals surface area contributed by atoms with Crippen LogP contribution in [-0.2, 0) is 6.42 Å². The summed E-state index contributed by atoms with van der Waals surface area (Å²) in [6, 6.07) is 5.66. The zero-order valence-corrected chi connectivity index (χ0v) is 10.3. The van der Waals surface area contributed by atoms with E-state index in [2.05, 4.69) is 15.0 Å². The Morgan fingerprint density at radius 3 is 2.83 bits per heavy atom. The predicted molar refractivity (Wildman–Crippen MR) is 69.2 cm³/mol. The lowest BCUT2D eigenvalue weighted by molar-refractivity contribution is 0.404. The van der Waals surface area contributed by atoms with Gasteiger partial charge in [0.1, 0.15) is 5.69 Å². The fraction of sp³-hybridized carbons (Fsp3) is 0.308. The average Bonchev–Trinajstić information content (AvgIpc) is 2.45. The summed E-state index contributed by atoms with van der Waals surface area (Å²) in [5.74, 6) is 1.31. The van der Waals surface area contributed by atoms with E-state index in [1.54, 1.807) is 19.5 Å². The summed E-state index contributed by atoms with van der Waals surface area (Å²) in [6.45, 7) is 0.631. The lowest BCUT2D eigenvalue weighted by atomic mass is 10.2. The molecule has 0 aliphatic carbocycles. The third-order valence-electron chi connectivity index (χ3n) is 2.56. The van der Waals surface area contributed by atoms with Crippen LogP contribution in [0.3, 0.4) is 0 Å². The second-order valence-electron chi connectivity index (χ2n) is 3.82. The first-order valence-electron chi connectivity index (χ1n) is 5.86. The Morgan fingerprint density at radius 2 is 2.17 bits per heavy atom. The summed E-state index contributed by atoms with van der Waals surface area (Å²) in [6.07, 6.45) is 5.06. The molecule has 0 spiro atoms. The second kappa shape index (κ2) is 6.07. The fourth-order valence-electron chi connectivity index (χ4n) is 1.64. The Hall–Kier alpha value is -2.01. The van der Waals surface area contributed by atoms with Crippen LogP contribution in [0.5, 0.6) is 5.75 Å². The monoisotopic (exact) mass is 244 g/mol. The van der Waals surface area contributed by atoms with E-state index in [1.807, 2.05) is 18.2 Å². The van der Waals surface area contributed by atoms with Gasteiger partial charge in [-0.1, -0.05) is 6.07 Å². The van der Waals surface area contributed by atoms with Crippen LogP contribution in [0.25, 0.3) is 11.5 Å². The van der Waals surface area contributed by atoms with Gasteiger partial charge in [-0.25, -0.2) is 9.97 Å². The molecule has 94 valence electrons. The van der Waals surface area contributed by atoms with Gasteiger partial charge in [0.2, 0.25) is 0 Å². The van der Waals surface area contributed by atoms with Crippen molar-refractivity contribution in [2.75, 3.05) is 13.7 Å². The van der Waals surface area contributed by atoms with Crippen LogP contribution in [0.15, 0.2) is 30.6 Å². The summed E-state index contributed by atoms with van der Waals surface area (Å²) in [4.78, 5) is 13.0. The molecule has 0 aromatic carbocycles. The molecular weight excluding hydrogens is 228 g/mol. The van der Waals surface area contributed by atoms with E-state index in [4.69, 9.17) is 10.5 Å². The van der Waals surface area contributed by atoms with Crippen LogP contribution in [0.1, 0.15) is 12.1 Å². The van der Waals surface area contributed by atoms with E-state index in [0.29, 0.717) is 18.1 Å². The number of nitrogens with two attached hydrogens (primary N) is 1. The summed E-state index contributed by atoms with van der Waals surface area (Å²) < 4.78 is 5.25. The molecule has 0 fully saturated rings. The maximum Gasteiger partial charge on any atom is 0.178 e. The Labute approximate surface area is 106 Å². The number of methoxy groups -OCH3 is 1. The molecule has 2 rings (SSSR count). The van der Waals surface area contributed by atoms with Crippen molar-refractivity contribution in [1.29, 1.82) is 0 Å². The molecular formula is C13H16N4O. The predicted octanol–water partition coefficient (Wildman–Crippen LogP) is 1.44. The largest absolute Gasteiger partial charge is 0.493 e. The van der Waals surface area contributed by atoms with Crippen LogP contribution in [-0.4, -0.2) is 28.6 Å². The van der Waals surface area contributed by atoms with Crippen LogP contribution in [0.2, 0.25) is 0 Å². The summed E-state index contributed by atoms with van der Waals surface area (Å²) in [7, 11) is 1.62. The van der Waals surface area contributed by atoms with Crippen LogP contribution in [0, 0.1) is 0 Å². The molecule has 0 aliphatic rings. The molecule has 0 saturated heterocycles. The Kier molecular flexibility index (Phi) is 4.20. The first kappa shape index (κ1) is 12.4. The molecule has 5 heteroatoms. The maximum atomic E-state index is 5.52. The van der Waals surface area contributed by atoms with E-state index in [9.17, 15) is 0 Å². The minimum Gasteiger partial charge on any atom is -0.493 e. The number of pyridine rings is 1. The molecule has 0 radical (unpaired) electrons. The van der Waals surface area contributed by atoms with Crippen molar-refractivity contribution in [1.82, 2.24) is 15.0 Å². The number of hydrogen-bond acceptors (Lipinski definition) is 5. The molecule has 2 aromatic rings. The van der Waals surface area contributed by atoms with Gasteiger partial charge >= 0.3 is 0 Å². The molecule has 2 N–H and O–H groups in total. The lowest BCUT2D eigenvalue weighted by Gasteiger charge is -2.08. The SMILES string of the molecule is COc1cnc(-c2ccccn2)nc1CCCN. The number of rotatable bonds is 5. The van der Waals surface area contributed by atoms with Gasteiger partial charge in [-0.15, -0.1) is 0 Å². The summed E-state index contributed by atoms with van der Waals surface area (Å²) in [5.41, 5.74) is 7.15. The minimum absolute atomic E-state index is 0.614. The highest BCUT2D eigenvalue weighted by Gasteiger charge is 2.09. The molecule has 0 amide bonds. The molecule has 0 atom stereocenters. The Morgan fingerprint density at radius 1 is 1.28 bits per heavy atom.